The molecule has 0 heterocycles. The molecule has 0 fully saturated rings. The predicted molar refractivity (Wildman–Crippen MR) is 356 cm³/mol. The van der Waals surface area contributed by atoms with E-state index in [4.69, 9.17) is 4.74 Å². The number of unbranched alkanes of at least 4 members (excludes halogenated alkanes) is 55. The molecule has 0 aromatic rings. The molecule has 0 aliphatic carbocycles. The van der Waals surface area contributed by atoms with Crippen molar-refractivity contribution in [3.8, 4) is 0 Å². The number of carbonyl (C=O) groups excluding carboxylic acids is 2. The third kappa shape index (κ3) is 67.3. The number of esters is 1. The lowest BCUT2D eigenvalue weighted by Crippen LogP contribution is -2.45. The van der Waals surface area contributed by atoms with E-state index in [1.807, 2.05) is 0 Å². The van der Waals surface area contributed by atoms with Crippen LogP contribution in [0.25, 0.3) is 0 Å². The van der Waals surface area contributed by atoms with Crippen molar-refractivity contribution in [2.75, 3.05) is 13.2 Å². The lowest BCUT2D eigenvalue weighted by Gasteiger charge is -2.22. The van der Waals surface area contributed by atoms with Gasteiger partial charge in [-0.1, -0.05) is 378 Å². The summed E-state index contributed by atoms with van der Waals surface area (Å²) in [5.74, 6) is -0.0196. The molecule has 0 aromatic carbocycles. The minimum Gasteiger partial charge on any atom is -0.466 e. The van der Waals surface area contributed by atoms with E-state index >= 15 is 0 Å². The molecular formula is C75H145NO5. The van der Waals surface area contributed by atoms with Gasteiger partial charge in [0.25, 0.3) is 0 Å². The topological polar surface area (TPSA) is 95.9 Å². The number of amides is 1. The number of carbonyl (C=O) groups is 2. The Hall–Kier alpha value is -1.66. The van der Waals surface area contributed by atoms with E-state index in [1.165, 1.54) is 334 Å². The molecule has 6 heteroatoms. The number of hydrogen-bond donors (Lipinski definition) is 3. The van der Waals surface area contributed by atoms with E-state index < -0.39 is 12.1 Å². The molecule has 2 unspecified atom stereocenters. The van der Waals surface area contributed by atoms with Crippen molar-refractivity contribution in [2.45, 2.75) is 431 Å². The highest BCUT2D eigenvalue weighted by atomic mass is 16.5. The van der Waals surface area contributed by atoms with Crippen LogP contribution in [-0.4, -0.2) is 47.4 Å². The number of ether oxygens (including phenoxy) is 1. The average molecular weight is 1140 g/mol. The van der Waals surface area contributed by atoms with Crippen molar-refractivity contribution in [3.63, 3.8) is 0 Å². The maximum atomic E-state index is 12.5. The third-order valence-corrected chi connectivity index (χ3v) is 17.5. The van der Waals surface area contributed by atoms with E-state index in [9.17, 15) is 19.8 Å². The molecule has 3 N–H and O–H groups in total. The van der Waals surface area contributed by atoms with Crippen LogP contribution >= 0.6 is 0 Å². The smallest absolute Gasteiger partial charge is 0.305 e. The van der Waals surface area contributed by atoms with Gasteiger partial charge >= 0.3 is 5.97 Å². The Bertz CT molecular complexity index is 1270. The Morgan fingerprint density at radius 1 is 0.346 bits per heavy atom. The molecule has 0 saturated carbocycles. The summed E-state index contributed by atoms with van der Waals surface area (Å²) >= 11 is 0. The van der Waals surface area contributed by atoms with Gasteiger partial charge in [0.2, 0.25) is 5.91 Å². The van der Waals surface area contributed by atoms with E-state index in [-0.39, 0.29) is 18.5 Å². The molecule has 0 aromatic heterocycles. The van der Waals surface area contributed by atoms with Crippen LogP contribution in [0.2, 0.25) is 0 Å². The van der Waals surface area contributed by atoms with Crippen molar-refractivity contribution in [2.24, 2.45) is 0 Å². The van der Waals surface area contributed by atoms with Crippen molar-refractivity contribution in [3.05, 3.63) is 24.3 Å². The lowest BCUT2D eigenvalue weighted by molar-refractivity contribution is -0.143. The molecule has 0 aliphatic rings. The van der Waals surface area contributed by atoms with Gasteiger partial charge in [-0.15, -0.1) is 0 Å². The SMILES string of the molecule is CCCC/C=C\C/C=C\CCCCCCCC(=O)OCCCCCCCCCCCCCCCCCCCCCCCCCCCCCCCCCC(=O)NC(CO)C(O)CCCCCCCCCCCCCCCCCCCCC. The quantitative estimate of drug-likeness (QED) is 0.0320. The van der Waals surface area contributed by atoms with Crippen molar-refractivity contribution < 1.29 is 24.5 Å². The Labute approximate surface area is 507 Å². The first-order valence-corrected chi connectivity index (χ1v) is 37.1. The minimum absolute atomic E-state index is 0.00673. The summed E-state index contributed by atoms with van der Waals surface area (Å²) in [5, 5.41) is 23.4. The van der Waals surface area contributed by atoms with Gasteiger partial charge in [-0.05, 0) is 51.4 Å². The van der Waals surface area contributed by atoms with Crippen molar-refractivity contribution >= 4 is 11.9 Å². The maximum absolute atomic E-state index is 12.5. The van der Waals surface area contributed by atoms with Gasteiger partial charge in [0.15, 0.2) is 0 Å². The highest BCUT2D eigenvalue weighted by molar-refractivity contribution is 5.76. The molecule has 480 valence electrons. The van der Waals surface area contributed by atoms with Gasteiger partial charge in [-0.25, -0.2) is 0 Å². The second-order valence-corrected chi connectivity index (χ2v) is 25.6. The van der Waals surface area contributed by atoms with Crippen LogP contribution in [0.5, 0.6) is 0 Å². The van der Waals surface area contributed by atoms with Crippen molar-refractivity contribution in [1.82, 2.24) is 5.32 Å². The Morgan fingerprint density at radius 3 is 0.975 bits per heavy atom. The van der Waals surface area contributed by atoms with Gasteiger partial charge in [0.1, 0.15) is 0 Å². The monoisotopic (exact) mass is 1140 g/mol. The number of aliphatic hydroxyl groups is 2. The van der Waals surface area contributed by atoms with Crippen LogP contribution < -0.4 is 5.32 Å². The van der Waals surface area contributed by atoms with Gasteiger partial charge in [0, 0.05) is 12.8 Å². The summed E-state index contributed by atoms with van der Waals surface area (Å²) in [6.45, 7) is 4.95. The minimum atomic E-state index is -0.662. The summed E-state index contributed by atoms with van der Waals surface area (Å²) in [7, 11) is 0. The van der Waals surface area contributed by atoms with E-state index in [0.29, 0.717) is 25.9 Å². The summed E-state index contributed by atoms with van der Waals surface area (Å²) in [6.07, 6.45) is 89.6. The molecule has 81 heavy (non-hydrogen) atoms. The fraction of sp³-hybridized carbons (Fsp3) is 0.920. The average Bonchev–Trinajstić information content (AvgIpc) is 3.47. The number of rotatable bonds is 70. The molecule has 0 rings (SSSR count). The van der Waals surface area contributed by atoms with Crippen LogP contribution in [0.3, 0.4) is 0 Å². The molecule has 1 amide bonds. The molecule has 2 atom stereocenters. The normalized spacial score (nSPS) is 12.6. The fourth-order valence-electron chi connectivity index (χ4n) is 11.8. The summed E-state index contributed by atoms with van der Waals surface area (Å²) in [4.78, 5) is 24.6. The number of nitrogens with one attached hydrogen (secondary N) is 1. The Balaban J connectivity index is 3.33. The highest BCUT2D eigenvalue weighted by Gasteiger charge is 2.20. The largest absolute Gasteiger partial charge is 0.466 e. The molecular weight excluding hydrogens is 995 g/mol. The van der Waals surface area contributed by atoms with Crippen LogP contribution in [0.15, 0.2) is 24.3 Å². The first-order valence-electron chi connectivity index (χ1n) is 37.1. The first-order chi connectivity index (χ1) is 40.0. The first kappa shape index (κ1) is 79.3. The zero-order chi connectivity index (χ0) is 58.5. The van der Waals surface area contributed by atoms with Gasteiger partial charge in [-0.3, -0.25) is 9.59 Å². The van der Waals surface area contributed by atoms with Crippen LogP contribution in [0, 0.1) is 0 Å². The molecule has 6 nitrogen and oxygen atoms in total. The highest BCUT2D eigenvalue weighted by Crippen LogP contribution is 2.20. The summed E-state index contributed by atoms with van der Waals surface area (Å²) < 4.78 is 5.49. The van der Waals surface area contributed by atoms with E-state index in [0.717, 1.165) is 51.4 Å². The van der Waals surface area contributed by atoms with Gasteiger partial charge < -0.3 is 20.3 Å². The number of aliphatic hydroxyl groups excluding tert-OH is 2. The standard InChI is InChI=1S/C75H145NO5/c1-3-5-7-9-11-13-15-17-19-20-34-37-40-43-47-51-55-59-63-67-73(78)72(71-77)76-74(79)68-64-60-56-52-48-44-41-38-35-32-30-28-26-24-22-21-23-25-27-29-31-33-36-39-42-46-50-54-58-62-66-70-81-75(80)69-65-61-57-53-49-45-18-16-14-12-10-8-6-4-2/h10,12,16,18,72-73,77-78H,3-9,11,13-15,17,19-71H2,1-2H3,(H,76,79)/b12-10-,18-16-. The molecule has 0 radical (unpaired) electrons. The van der Waals surface area contributed by atoms with Gasteiger partial charge in [-0.2, -0.15) is 0 Å². The van der Waals surface area contributed by atoms with E-state index in [2.05, 4.69) is 43.5 Å². The summed E-state index contributed by atoms with van der Waals surface area (Å²) in [5.41, 5.74) is 0. The van der Waals surface area contributed by atoms with Crippen molar-refractivity contribution in [1.29, 1.82) is 0 Å². The Kier molecular flexibility index (Phi) is 69.4. The lowest BCUT2D eigenvalue weighted by atomic mass is 10.0. The van der Waals surface area contributed by atoms with Crippen LogP contribution in [-0.2, 0) is 14.3 Å². The second kappa shape index (κ2) is 70.8. The summed E-state index contributed by atoms with van der Waals surface area (Å²) in [6, 6.07) is -0.539. The molecule has 0 aliphatic heterocycles. The van der Waals surface area contributed by atoms with Gasteiger partial charge in [0.05, 0.1) is 25.4 Å². The Morgan fingerprint density at radius 2 is 0.630 bits per heavy atom. The zero-order valence-corrected chi connectivity index (χ0v) is 55.0. The number of hydrogen-bond acceptors (Lipinski definition) is 5. The van der Waals surface area contributed by atoms with Crippen LogP contribution in [0.4, 0.5) is 0 Å². The predicted octanol–water partition coefficient (Wildman–Crippen LogP) is 24.1. The molecule has 0 spiro atoms. The van der Waals surface area contributed by atoms with Crippen LogP contribution in [0.1, 0.15) is 418 Å². The maximum Gasteiger partial charge on any atom is 0.305 e. The number of allylic oxidation sites excluding steroid dienone is 4. The zero-order valence-electron chi connectivity index (χ0n) is 55.0. The second-order valence-electron chi connectivity index (χ2n) is 25.6. The molecule has 0 saturated heterocycles. The van der Waals surface area contributed by atoms with E-state index in [1.54, 1.807) is 0 Å². The fourth-order valence-corrected chi connectivity index (χ4v) is 11.8. The molecule has 0 bridgehead atoms. The third-order valence-electron chi connectivity index (χ3n) is 17.5.